The Morgan fingerprint density at radius 3 is 2.75 bits per heavy atom. The van der Waals surface area contributed by atoms with Crippen molar-refractivity contribution in [1.82, 2.24) is 9.55 Å². The summed E-state index contributed by atoms with van der Waals surface area (Å²) in [7, 11) is 0. The molecule has 20 heavy (non-hydrogen) atoms. The Balaban J connectivity index is 2.52. The van der Waals surface area contributed by atoms with Crippen molar-refractivity contribution < 1.29 is 27.4 Å². The summed E-state index contributed by atoms with van der Waals surface area (Å²) in [6.07, 6.45) is -8.72. The minimum absolute atomic E-state index is 0.396. The van der Waals surface area contributed by atoms with E-state index < -0.39 is 47.5 Å². The number of H-pyrrole nitrogens is 1. The lowest BCUT2D eigenvalue weighted by Gasteiger charge is -2.29. The van der Waals surface area contributed by atoms with Gasteiger partial charge in [0.25, 0.3) is 11.2 Å². The molecule has 1 aromatic heterocycles. The number of aliphatic hydroxyl groups excluding tert-OH is 1. The standard InChI is InChI=1S/C10H10F4N2O3S/c11-9(10(12,13)14)3-5(4-17)19-7(9)16-2-1-6(18)15-8(16)20/h1-2,5,7,17H,3-4H2,(H,15,18,20). The molecule has 0 bridgehead atoms. The van der Waals surface area contributed by atoms with Crippen LogP contribution in [-0.4, -0.2) is 39.2 Å². The minimum atomic E-state index is -5.20. The Labute approximate surface area is 114 Å². The highest BCUT2D eigenvalue weighted by atomic mass is 32.1. The van der Waals surface area contributed by atoms with Gasteiger partial charge in [-0.05, 0) is 12.2 Å². The summed E-state index contributed by atoms with van der Waals surface area (Å²) in [6, 6.07) is 0.905. The van der Waals surface area contributed by atoms with E-state index in [-0.39, 0.29) is 0 Å². The molecule has 0 aromatic carbocycles. The number of alkyl halides is 4. The molecule has 1 fully saturated rings. The molecule has 112 valence electrons. The van der Waals surface area contributed by atoms with E-state index in [0.717, 1.165) is 12.3 Å². The van der Waals surface area contributed by atoms with E-state index in [0.29, 0.717) is 4.57 Å². The fourth-order valence-corrected chi connectivity index (χ4v) is 2.29. The lowest BCUT2D eigenvalue weighted by atomic mass is 9.99. The Hall–Kier alpha value is -1.26. The molecule has 3 atom stereocenters. The van der Waals surface area contributed by atoms with E-state index in [1.807, 2.05) is 0 Å². The topological polar surface area (TPSA) is 67.2 Å². The maximum absolute atomic E-state index is 14.4. The average molecular weight is 314 g/mol. The predicted octanol–water partition coefficient (Wildman–Crippen LogP) is 1.46. The second-order valence-electron chi connectivity index (χ2n) is 4.37. The number of nitrogens with zero attached hydrogens (tertiary/aromatic N) is 1. The highest BCUT2D eigenvalue weighted by Gasteiger charge is 2.67. The molecule has 1 saturated heterocycles. The van der Waals surface area contributed by atoms with Gasteiger partial charge < -0.3 is 9.84 Å². The van der Waals surface area contributed by atoms with Crippen molar-refractivity contribution in [1.29, 1.82) is 0 Å². The second kappa shape index (κ2) is 4.93. The number of nitrogens with one attached hydrogen (secondary N) is 1. The van der Waals surface area contributed by atoms with Crippen LogP contribution in [0, 0.1) is 4.77 Å². The third-order valence-corrected chi connectivity index (χ3v) is 3.33. The van der Waals surface area contributed by atoms with Gasteiger partial charge in [-0.2, -0.15) is 13.2 Å². The molecule has 2 N–H and O–H groups in total. The zero-order valence-electron chi connectivity index (χ0n) is 9.85. The highest BCUT2D eigenvalue weighted by Crippen LogP contribution is 2.51. The maximum Gasteiger partial charge on any atom is 0.427 e. The summed E-state index contributed by atoms with van der Waals surface area (Å²) < 4.78 is 58.4. The van der Waals surface area contributed by atoms with Crippen LogP contribution in [0.4, 0.5) is 17.6 Å². The molecule has 1 aliphatic heterocycles. The van der Waals surface area contributed by atoms with Crippen LogP contribution in [0.2, 0.25) is 0 Å². The number of aliphatic hydroxyl groups is 1. The molecule has 0 spiro atoms. The van der Waals surface area contributed by atoms with Crippen molar-refractivity contribution >= 4 is 12.2 Å². The number of halogens is 4. The van der Waals surface area contributed by atoms with Crippen LogP contribution in [-0.2, 0) is 4.74 Å². The highest BCUT2D eigenvalue weighted by molar-refractivity contribution is 7.71. The fraction of sp³-hybridized carbons (Fsp3) is 0.600. The monoisotopic (exact) mass is 314 g/mol. The summed E-state index contributed by atoms with van der Waals surface area (Å²) in [4.78, 5) is 13.1. The molecule has 10 heteroatoms. The maximum atomic E-state index is 14.4. The lowest BCUT2D eigenvalue weighted by molar-refractivity contribution is -0.256. The van der Waals surface area contributed by atoms with E-state index in [4.69, 9.17) is 22.1 Å². The number of ether oxygens (including phenoxy) is 1. The first-order valence-electron chi connectivity index (χ1n) is 5.52. The third kappa shape index (κ3) is 2.38. The zero-order valence-corrected chi connectivity index (χ0v) is 10.7. The van der Waals surface area contributed by atoms with Gasteiger partial charge in [0.15, 0.2) is 11.0 Å². The van der Waals surface area contributed by atoms with Gasteiger partial charge in [-0.25, -0.2) is 4.39 Å². The molecule has 2 heterocycles. The van der Waals surface area contributed by atoms with Crippen molar-refractivity contribution in [2.24, 2.45) is 0 Å². The van der Waals surface area contributed by atoms with Gasteiger partial charge in [-0.15, -0.1) is 0 Å². The van der Waals surface area contributed by atoms with Gasteiger partial charge in [0, 0.05) is 18.7 Å². The first-order valence-corrected chi connectivity index (χ1v) is 5.93. The second-order valence-corrected chi connectivity index (χ2v) is 4.76. The van der Waals surface area contributed by atoms with Crippen molar-refractivity contribution in [3.05, 3.63) is 27.4 Å². The summed E-state index contributed by atoms with van der Waals surface area (Å²) in [5.74, 6) is 0. The first kappa shape index (κ1) is 15.1. The van der Waals surface area contributed by atoms with Crippen LogP contribution in [0.1, 0.15) is 12.6 Å². The molecule has 0 aliphatic carbocycles. The van der Waals surface area contributed by atoms with Crippen LogP contribution >= 0.6 is 12.2 Å². The van der Waals surface area contributed by atoms with Crippen molar-refractivity contribution in [3.8, 4) is 0 Å². The first-order chi connectivity index (χ1) is 9.19. The zero-order chi connectivity index (χ0) is 15.1. The summed E-state index contributed by atoms with van der Waals surface area (Å²) in [5, 5.41) is 8.89. The SMILES string of the molecule is O=c1ccn(C2OC(CO)CC2(F)C(F)(F)F)c(=S)[nH]1. The smallest absolute Gasteiger partial charge is 0.394 e. The molecular formula is C10H10F4N2O3S. The van der Waals surface area contributed by atoms with Gasteiger partial charge in [-0.1, -0.05) is 0 Å². The largest absolute Gasteiger partial charge is 0.427 e. The van der Waals surface area contributed by atoms with E-state index in [2.05, 4.69) is 4.98 Å². The lowest BCUT2D eigenvalue weighted by Crippen LogP contribution is -2.45. The van der Waals surface area contributed by atoms with Crippen LogP contribution in [0.3, 0.4) is 0 Å². The molecule has 0 amide bonds. The number of hydrogen-bond donors (Lipinski definition) is 2. The van der Waals surface area contributed by atoms with Crippen LogP contribution in [0.25, 0.3) is 0 Å². The Kier molecular flexibility index (Phi) is 3.73. The molecule has 5 nitrogen and oxygen atoms in total. The number of hydrogen-bond acceptors (Lipinski definition) is 4. The van der Waals surface area contributed by atoms with Gasteiger partial charge >= 0.3 is 6.18 Å². The van der Waals surface area contributed by atoms with Gasteiger partial charge in [-0.3, -0.25) is 14.3 Å². The number of rotatable bonds is 2. The molecule has 2 rings (SSSR count). The Bertz CT molecular complexity index is 614. The van der Waals surface area contributed by atoms with E-state index >= 15 is 0 Å². The molecule has 0 saturated carbocycles. The number of aromatic amines is 1. The molecule has 3 unspecified atom stereocenters. The third-order valence-electron chi connectivity index (χ3n) is 3.02. The fourth-order valence-electron chi connectivity index (χ4n) is 2.03. The Morgan fingerprint density at radius 1 is 1.60 bits per heavy atom. The van der Waals surface area contributed by atoms with Gasteiger partial charge in [0.05, 0.1) is 12.7 Å². The Morgan fingerprint density at radius 2 is 2.25 bits per heavy atom. The van der Waals surface area contributed by atoms with E-state index in [9.17, 15) is 22.4 Å². The molecule has 1 aliphatic rings. The van der Waals surface area contributed by atoms with Crippen molar-refractivity contribution in [3.63, 3.8) is 0 Å². The molecule has 0 radical (unpaired) electrons. The van der Waals surface area contributed by atoms with Crippen LogP contribution in [0.5, 0.6) is 0 Å². The summed E-state index contributed by atoms with van der Waals surface area (Å²) >= 11 is 4.71. The van der Waals surface area contributed by atoms with Crippen LogP contribution in [0.15, 0.2) is 17.1 Å². The normalized spacial score (nSPS) is 30.6. The van der Waals surface area contributed by atoms with Crippen LogP contribution < -0.4 is 5.56 Å². The average Bonchev–Trinajstić information content (AvgIpc) is 2.67. The van der Waals surface area contributed by atoms with Gasteiger partial charge in [0.2, 0.25) is 0 Å². The summed E-state index contributed by atoms with van der Waals surface area (Å²) in [6.45, 7) is -0.755. The predicted molar refractivity (Wildman–Crippen MR) is 61.4 cm³/mol. The molecular weight excluding hydrogens is 304 g/mol. The van der Waals surface area contributed by atoms with Gasteiger partial charge in [0.1, 0.15) is 0 Å². The van der Waals surface area contributed by atoms with Crippen molar-refractivity contribution in [2.45, 2.75) is 30.6 Å². The molecule has 1 aromatic rings. The number of aromatic nitrogens is 2. The van der Waals surface area contributed by atoms with E-state index in [1.165, 1.54) is 0 Å². The minimum Gasteiger partial charge on any atom is -0.394 e. The van der Waals surface area contributed by atoms with Crippen molar-refractivity contribution in [2.75, 3.05) is 6.61 Å². The van der Waals surface area contributed by atoms with E-state index in [1.54, 1.807) is 0 Å². The quantitative estimate of drug-likeness (QED) is 0.640. The summed E-state index contributed by atoms with van der Waals surface area (Å²) in [5.41, 5.74) is -4.32.